The molecular weight excluding hydrogens is 206 g/mol. The average Bonchev–Trinajstić information content (AvgIpc) is 2.56. The molecule has 2 aromatic rings. The van der Waals surface area contributed by atoms with Gasteiger partial charge in [-0.3, -0.25) is 0 Å². The molecule has 0 fully saturated rings. The van der Waals surface area contributed by atoms with E-state index in [1.54, 1.807) is 11.3 Å². The van der Waals surface area contributed by atoms with Gasteiger partial charge in [-0.2, -0.15) is 4.73 Å². The second kappa shape index (κ2) is 3.49. The van der Waals surface area contributed by atoms with Crippen molar-refractivity contribution in [2.45, 2.75) is 32.1 Å². The third-order valence-electron chi connectivity index (χ3n) is 3.16. The Balaban J connectivity index is 2.28. The molecule has 0 aliphatic heterocycles. The third-order valence-corrected chi connectivity index (χ3v) is 4.06. The second-order valence-corrected chi connectivity index (χ2v) is 5.05. The minimum absolute atomic E-state index is 0.871. The van der Waals surface area contributed by atoms with E-state index in [-0.39, 0.29) is 0 Å². The highest BCUT2D eigenvalue weighted by Crippen LogP contribution is 2.24. The van der Waals surface area contributed by atoms with E-state index in [0.717, 1.165) is 35.2 Å². The number of hydrogen-bond donors (Lipinski definition) is 0. The number of pyridine rings is 1. The number of aryl methyl sites for hydroxylation is 1. The van der Waals surface area contributed by atoms with Gasteiger partial charge in [0.05, 0.1) is 5.39 Å². The van der Waals surface area contributed by atoms with E-state index in [9.17, 15) is 5.21 Å². The van der Waals surface area contributed by atoms with Crippen molar-refractivity contribution < 1.29 is 4.73 Å². The Labute approximate surface area is 92.8 Å². The molecule has 0 N–H and O–H groups in total. The van der Waals surface area contributed by atoms with Crippen LogP contribution in [0.15, 0.2) is 17.5 Å². The highest BCUT2D eigenvalue weighted by molar-refractivity contribution is 7.16. The fourth-order valence-corrected chi connectivity index (χ4v) is 3.19. The molecule has 2 heterocycles. The van der Waals surface area contributed by atoms with E-state index in [1.807, 2.05) is 11.4 Å². The molecule has 0 spiro atoms. The van der Waals surface area contributed by atoms with Crippen molar-refractivity contribution >= 4 is 21.6 Å². The summed E-state index contributed by atoms with van der Waals surface area (Å²) in [5.74, 6) is 0. The summed E-state index contributed by atoms with van der Waals surface area (Å²) in [5.41, 5.74) is 2.29. The van der Waals surface area contributed by atoms with Gasteiger partial charge in [0, 0.05) is 12.0 Å². The molecular formula is C12H13NOS. The maximum atomic E-state index is 12.1. The van der Waals surface area contributed by atoms with Crippen LogP contribution in [0.3, 0.4) is 0 Å². The molecule has 15 heavy (non-hydrogen) atoms. The van der Waals surface area contributed by atoms with Crippen LogP contribution in [0.25, 0.3) is 10.2 Å². The van der Waals surface area contributed by atoms with Crippen LogP contribution in [-0.4, -0.2) is 0 Å². The molecule has 0 unspecified atom stereocenters. The first-order valence-corrected chi connectivity index (χ1v) is 6.36. The van der Waals surface area contributed by atoms with Gasteiger partial charge in [-0.1, -0.05) is 17.8 Å². The van der Waals surface area contributed by atoms with Gasteiger partial charge >= 0.3 is 0 Å². The first-order valence-electron chi connectivity index (χ1n) is 5.48. The van der Waals surface area contributed by atoms with Crippen LogP contribution in [0.4, 0.5) is 0 Å². The highest BCUT2D eigenvalue weighted by Gasteiger charge is 2.19. The Morgan fingerprint density at radius 2 is 2.07 bits per heavy atom. The number of aromatic nitrogens is 1. The van der Waals surface area contributed by atoms with Crippen LogP contribution in [-0.2, 0) is 12.8 Å². The van der Waals surface area contributed by atoms with Crippen molar-refractivity contribution in [3.05, 3.63) is 34.0 Å². The van der Waals surface area contributed by atoms with Gasteiger partial charge in [-0.15, -0.1) is 0 Å². The summed E-state index contributed by atoms with van der Waals surface area (Å²) in [5, 5.41) is 15.2. The molecule has 1 aliphatic rings. The Morgan fingerprint density at radius 3 is 3.00 bits per heavy atom. The van der Waals surface area contributed by atoms with Gasteiger partial charge in [0.1, 0.15) is 0 Å². The lowest BCUT2D eigenvalue weighted by Gasteiger charge is -2.07. The molecule has 0 saturated heterocycles. The van der Waals surface area contributed by atoms with Crippen molar-refractivity contribution in [3.8, 4) is 0 Å². The maximum Gasteiger partial charge on any atom is 0.280 e. The first kappa shape index (κ1) is 9.16. The zero-order valence-electron chi connectivity index (χ0n) is 8.53. The smallest absolute Gasteiger partial charge is 0.280 e. The normalized spacial score (nSPS) is 16.3. The van der Waals surface area contributed by atoms with Gasteiger partial charge in [-0.05, 0) is 36.8 Å². The summed E-state index contributed by atoms with van der Waals surface area (Å²) in [6, 6.07) is 4.25. The first-order chi connectivity index (χ1) is 7.36. The predicted octanol–water partition coefficient (Wildman–Crippen LogP) is 2.80. The number of fused-ring (bicyclic) bond motifs is 2. The van der Waals surface area contributed by atoms with Gasteiger partial charge < -0.3 is 5.21 Å². The van der Waals surface area contributed by atoms with Crippen LogP contribution in [0, 0.1) is 5.21 Å². The molecule has 0 amide bonds. The Hall–Kier alpha value is -1.09. The van der Waals surface area contributed by atoms with Crippen molar-refractivity contribution in [2.24, 2.45) is 0 Å². The number of hydrogen-bond acceptors (Lipinski definition) is 2. The molecule has 0 atom stereocenters. The monoisotopic (exact) mass is 219 g/mol. The Bertz CT molecular complexity index is 504. The largest absolute Gasteiger partial charge is 0.617 e. The molecule has 3 heteroatoms. The minimum Gasteiger partial charge on any atom is -0.617 e. The summed E-state index contributed by atoms with van der Waals surface area (Å²) < 4.78 is 1.17. The average molecular weight is 219 g/mol. The highest BCUT2D eigenvalue weighted by atomic mass is 32.1. The lowest BCUT2D eigenvalue weighted by molar-refractivity contribution is -0.584. The summed E-state index contributed by atoms with van der Waals surface area (Å²) >= 11 is 1.54. The number of nitrogens with zero attached hydrogens (tertiary/aromatic N) is 1. The molecule has 0 saturated carbocycles. The molecule has 2 aromatic heterocycles. The van der Waals surface area contributed by atoms with Gasteiger partial charge in [0.2, 0.25) is 0 Å². The van der Waals surface area contributed by atoms with Gasteiger partial charge in [-0.25, -0.2) is 0 Å². The van der Waals surface area contributed by atoms with Crippen LogP contribution in [0.2, 0.25) is 0 Å². The van der Waals surface area contributed by atoms with E-state index < -0.39 is 0 Å². The van der Waals surface area contributed by atoms with Crippen molar-refractivity contribution in [3.63, 3.8) is 0 Å². The zero-order chi connectivity index (χ0) is 10.3. The second-order valence-electron chi connectivity index (χ2n) is 4.15. The van der Waals surface area contributed by atoms with Crippen LogP contribution < -0.4 is 4.73 Å². The molecule has 3 rings (SSSR count). The van der Waals surface area contributed by atoms with E-state index in [1.165, 1.54) is 23.1 Å². The van der Waals surface area contributed by atoms with E-state index in [0.29, 0.717) is 0 Å². The summed E-state index contributed by atoms with van der Waals surface area (Å²) in [7, 11) is 0. The van der Waals surface area contributed by atoms with E-state index in [4.69, 9.17) is 0 Å². The molecule has 0 aromatic carbocycles. The fourth-order valence-electron chi connectivity index (χ4n) is 2.37. The standard InChI is InChI=1S/C12H13NOS/c14-13-11-5-3-1-2-4-9(11)8-10-6-7-15-12(10)13/h6-8H,1-5H2. The van der Waals surface area contributed by atoms with Crippen LogP contribution in [0.5, 0.6) is 0 Å². The summed E-state index contributed by atoms with van der Waals surface area (Å²) in [6.07, 6.45) is 5.66. The molecule has 0 bridgehead atoms. The lowest BCUT2D eigenvalue weighted by Crippen LogP contribution is -2.33. The fraction of sp³-hybridized carbons (Fsp3) is 0.417. The number of rotatable bonds is 0. The van der Waals surface area contributed by atoms with Gasteiger partial charge in [0.25, 0.3) is 4.83 Å². The topological polar surface area (TPSA) is 26.9 Å². The van der Waals surface area contributed by atoms with E-state index >= 15 is 0 Å². The van der Waals surface area contributed by atoms with Crippen molar-refractivity contribution in [1.82, 2.24) is 0 Å². The summed E-state index contributed by atoms with van der Waals surface area (Å²) in [6.45, 7) is 0. The molecule has 0 radical (unpaired) electrons. The number of thiophene rings is 1. The van der Waals surface area contributed by atoms with Crippen LogP contribution in [0.1, 0.15) is 30.5 Å². The van der Waals surface area contributed by atoms with Crippen molar-refractivity contribution in [2.75, 3.05) is 0 Å². The summed E-state index contributed by atoms with van der Waals surface area (Å²) in [4.78, 5) is 0.871. The molecule has 1 aliphatic carbocycles. The SMILES string of the molecule is [O-][n+]1c2c(cc3ccsc31)CCCCC2. The Kier molecular flexibility index (Phi) is 2.13. The van der Waals surface area contributed by atoms with Gasteiger partial charge in [0.15, 0.2) is 5.69 Å². The third kappa shape index (κ3) is 1.42. The predicted molar refractivity (Wildman–Crippen MR) is 62.0 cm³/mol. The van der Waals surface area contributed by atoms with E-state index in [2.05, 4.69) is 6.07 Å². The molecule has 78 valence electrons. The maximum absolute atomic E-state index is 12.1. The minimum atomic E-state index is 0.871. The lowest BCUT2D eigenvalue weighted by atomic mass is 10.1. The molecule has 2 nitrogen and oxygen atoms in total. The quantitative estimate of drug-likeness (QED) is 0.380. The van der Waals surface area contributed by atoms with Crippen molar-refractivity contribution in [1.29, 1.82) is 0 Å². The zero-order valence-corrected chi connectivity index (χ0v) is 9.35. The van der Waals surface area contributed by atoms with Crippen LogP contribution >= 0.6 is 11.3 Å². The Morgan fingerprint density at radius 1 is 1.20 bits per heavy atom.